The second-order valence-corrected chi connectivity index (χ2v) is 20.7. The van der Waals surface area contributed by atoms with Crippen molar-refractivity contribution in [2.75, 3.05) is 0 Å². The number of hydrogen-bond acceptors (Lipinski definition) is 8. The molecule has 2 aromatic heterocycles. The van der Waals surface area contributed by atoms with E-state index in [-0.39, 0.29) is 33.0 Å². The molecule has 0 amide bonds. The quantitative estimate of drug-likeness (QED) is 0.189. The Balaban J connectivity index is 1.16. The van der Waals surface area contributed by atoms with Gasteiger partial charge in [0.15, 0.2) is 11.1 Å². The lowest BCUT2D eigenvalue weighted by atomic mass is 9.65. The van der Waals surface area contributed by atoms with Crippen LogP contribution in [0.5, 0.6) is 0 Å². The minimum Gasteiger partial charge on any atom is -0.322 e. The summed E-state index contributed by atoms with van der Waals surface area (Å²) < 4.78 is 6.82. The number of hydrogen-bond donors (Lipinski definition) is 0. The van der Waals surface area contributed by atoms with E-state index in [0.717, 1.165) is 68.7 Å². The van der Waals surface area contributed by atoms with Gasteiger partial charge in [0.2, 0.25) is 0 Å². The molecular weight excluding hydrogens is 821 g/mol. The van der Waals surface area contributed by atoms with E-state index in [1.165, 1.54) is 110 Å². The number of aromatic nitrogens is 2. The van der Waals surface area contributed by atoms with Crippen molar-refractivity contribution in [3.63, 3.8) is 0 Å². The van der Waals surface area contributed by atoms with E-state index in [0.29, 0.717) is 31.6 Å². The highest BCUT2D eigenvalue weighted by Gasteiger charge is 2.50. The third-order valence-electron chi connectivity index (χ3n) is 15.5. The van der Waals surface area contributed by atoms with E-state index in [2.05, 4.69) is 60.7 Å². The molecule has 0 radical (unpaired) electrons. The number of rotatable bonds is 4. The first-order valence-corrected chi connectivity index (χ1v) is 24.6. The van der Waals surface area contributed by atoms with Crippen LogP contribution in [0.2, 0.25) is 0 Å². The lowest BCUT2D eigenvalue weighted by molar-refractivity contribution is 0.348. The van der Waals surface area contributed by atoms with E-state index >= 15 is 0 Å². The SMILES string of the molecule is CCn1c(=C(C#N)C#N)s/c(=C\C2=Cc3cc4c(cc3C23CCCCC3)-c2cc3c(cc2C42CCCCC2)C=C(/C=c2\sc(=C(C#N)C#N)n(CC)c2=S)C32CCCCC2)c1=O. The van der Waals surface area contributed by atoms with E-state index in [1.54, 1.807) is 4.57 Å². The van der Waals surface area contributed by atoms with E-state index < -0.39 is 0 Å². The summed E-state index contributed by atoms with van der Waals surface area (Å²) >= 11 is 8.78. The molecular formula is C52H48N6OS3. The minimum atomic E-state index is -0.202. The summed E-state index contributed by atoms with van der Waals surface area (Å²) in [7, 11) is 0. The second kappa shape index (κ2) is 15.5. The predicted molar refractivity (Wildman–Crippen MR) is 251 cm³/mol. The molecule has 0 atom stereocenters. The highest BCUT2D eigenvalue weighted by atomic mass is 32.1. The summed E-state index contributed by atoms with van der Waals surface area (Å²) in [6, 6.07) is 18.5. The van der Waals surface area contributed by atoms with Gasteiger partial charge in [-0.1, -0.05) is 82.2 Å². The van der Waals surface area contributed by atoms with Crippen molar-refractivity contribution in [3.05, 3.63) is 102 Å². The maximum atomic E-state index is 13.9. The Kier molecular flexibility index (Phi) is 10.2. The molecule has 6 aliphatic rings. The number of nitrogens with zero attached hydrogens (tertiary/aromatic N) is 6. The number of benzene rings is 2. The van der Waals surface area contributed by atoms with Crippen LogP contribution in [-0.4, -0.2) is 9.13 Å². The average molecular weight is 869 g/mol. The molecule has 3 spiro atoms. The number of allylic oxidation sites excluding steroid dienone is 2. The Morgan fingerprint density at radius 3 is 1.44 bits per heavy atom. The molecule has 3 fully saturated rings. The van der Waals surface area contributed by atoms with Crippen LogP contribution in [0.15, 0.2) is 40.2 Å². The molecule has 6 aliphatic carbocycles. The number of thiazole rings is 2. The van der Waals surface area contributed by atoms with Crippen molar-refractivity contribution >= 4 is 70.3 Å². The zero-order chi connectivity index (χ0) is 43.0. The van der Waals surface area contributed by atoms with Crippen molar-refractivity contribution < 1.29 is 0 Å². The first-order valence-electron chi connectivity index (χ1n) is 22.6. The first-order chi connectivity index (χ1) is 30.2. The standard InChI is InChI=1S/C52H48N6OS3/c1-3-57-46(59)44(61-48(57)34(28-53)29-54)24-36-20-32-22-42-38(26-40(32)50(36)14-8-5-9-15-50)39-27-41-33(23-43(39)52(42)18-12-7-13-19-52)21-37(51(41)16-10-6-11-17-51)25-45-47(60)58(4-2)49(62-45)35(30-55)31-56/h20-27H,3-19H2,1-2H3/b44-24-,45-25-. The Morgan fingerprint density at radius 2 is 1.00 bits per heavy atom. The highest BCUT2D eigenvalue weighted by Crippen LogP contribution is 2.62. The molecule has 0 saturated heterocycles. The summed E-state index contributed by atoms with van der Waals surface area (Å²) in [5.41, 5.74) is 13.2. The topological polar surface area (TPSA) is 122 Å². The van der Waals surface area contributed by atoms with Crippen molar-refractivity contribution in [1.29, 1.82) is 21.0 Å². The summed E-state index contributed by atoms with van der Waals surface area (Å²) in [6.45, 7) is 4.91. The van der Waals surface area contributed by atoms with Crippen LogP contribution in [0.25, 0.3) is 46.6 Å². The summed E-state index contributed by atoms with van der Waals surface area (Å²) in [6.07, 6.45) is 26.3. The molecule has 7 nitrogen and oxygen atoms in total. The van der Waals surface area contributed by atoms with Gasteiger partial charge in [-0.2, -0.15) is 21.0 Å². The third-order valence-corrected chi connectivity index (χ3v) is 18.3. The van der Waals surface area contributed by atoms with Gasteiger partial charge in [-0.3, -0.25) is 9.36 Å². The largest absolute Gasteiger partial charge is 0.322 e. The summed E-state index contributed by atoms with van der Waals surface area (Å²) in [5, 5.41) is 39.1. The number of fused-ring (bicyclic) bond motifs is 9. The van der Waals surface area contributed by atoms with Crippen LogP contribution in [-0.2, 0) is 29.3 Å². The normalized spacial score (nSPS) is 20.1. The molecule has 310 valence electrons. The zero-order valence-corrected chi connectivity index (χ0v) is 37.9. The summed E-state index contributed by atoms with van der Waals surface area (Å²) in [5.74, 6) is 0. The van der Waals surface area contributed by atoms with Gasteiger partial charge in [-0.05, 0) is 144 Å². The van der Waals surface area contributed by atoms with Crippen molar-refractivity contribution in [2.24, 2.45) is 0 Å². The van der Waals surface area contributed by atoms with Gasteiger partial charge < -0.3 is 4.57 Å². The van der Waals surface area contributed by atoms with Crippen molar-refractivity contribution in [1.82, 2.24) is 9.13 Å². The molecule has 2 aromatic carbocycles. The predicted octanol–water partition coefficient (Wildman–Crippen LogP) is 9.33. The molecule has 0 unspecified atom stereocenters. The third kappa shape index (κ3) is 5.80. The maximum Gasteiger partial charge on any atom is 0.269 e. The Bertz CT molecular complexity index is 3000. The minimum absolute atomic E-state index is 0.0156. The van der Waals surface area contributed by atoms with E-state index in [4.69, 9.17) is 12.2 Å². The maximum absolute atomic E-state index is 13.9. The van der Waals surface area contributed by atoms with Gasteiger partial charge in [0.05, 0.1) is 9.06 Å². The van der Waals surface area contributed by atoms with Crippen LogP contribution >= 0.6 is 34.9 Å². The molecule has 2 heterocycles. The second-order valence-electron chi connectivity index (χ2n) is 18.2. The molecule has 3 saturated carbocycles. The van der Waals surface area contributed by atoms with E-state index in [9.17, 15) is 25.8 Å². The van der Waals surface area contributed by atoms with Crippen molar-refractivity contribution in [2.45, 2.75) is 139 Å². The Labute approximate surface area is 375 Å². The molecule has 0 N–H and O–H groups in total. The van der Waals surface area contributed by atoms with Gasteiger partial charge in [0.1, 0.15) is 38.2 Å². The van der Waals surface area contributed by atoms with Crippen molar-refractivity contribution in [3.8, 4) is 35.4 Å². The monoisotopic (exact) mass is 868 g/mol. The highest BCUT2D eigenvalue weighted by molar-refractivity contribution is 7.71. The Morgan fingerprint density at radius 1 is 0.597 bits per heavy atom. The molecule has 10 heteroatoms. The molecule has 0 bridgehead atoms. The lowest BCUT2D eigenvalue weighted by Crippen LogP contribution is -2.33. The van der Waals surface area contributed by atoms with Crippen LogP contribution in [0.4, 0.5) is 0 Å². The molecule has 10 rings (SSSR count). The molecule has 0 aliphatic heterocycles. The van der Waals surface area contributed by atoms with E-state index in [1.807, 2.05) is 30.6 Å². The summed E-state index contributed by atoms with van der Waals surface area (Å²) in [4.78, 5) is 13.9. The van der Waals surface area contributed by atoms with Gasteiger partial charge in [-0.25, -0.2) is 0 Å². The average Bonchev–Trinajstić information content (AvgIpc) is 4.03. The lowest BCUT2D eigenvalue weighted by Gasteiger charge is -2.38. The van der Waals surface area contributed by atoms with Gasteiger partial charge >= 0.3 is 0 Å². The van der Waals surface area contributed by atoms with Crippen LogP contribution < -0.4 is 23.9 Å². The smallest absolute Gasteiger partial charge is 0.269 e. The van der Waals surface area contributed by atoms with Gasteiger partial charge in [0.25, 0.3) is 5.56 Å². The fourth-order valence-corrected chi connectivity index (χ4v) is 15.3. The fraction of sp³-hybridized carbons (Fsp3) is 0.423. The first kappa shape index (κ1) is 40.7. The van der Waals surface area contributed by atoms with Gasteiger partial charge in [0, 0.05) is 29.3 Å². The Hall–Kier alpha value is -5.36. The van der Waals surface area contributed by atoms with Crippen LogP contribution in [0.3, 0.4) is 0 Å². The van der Waals surface area contributed by atoms with Crippen LogP contribution in [0, 0.1) is 50.0 Å². The zero-order valence-electron chi connectivity index (χ0n) is 35.5. The molecule has 4 aromatic rings. The van der Waals surface area contributed by atoms with Crippen LogP contribution in [0.1, 0.15) is 144 Å². The number of nitriles is 4. The molecule has 62 heavy (non-hydrogen) atoms. The van der Waals surface area contributed by atoms with Gasteiger partial charge in [-0.15, -0.1) is 22.7 Å². The fourth-order valence-electron chi connectivity index (χ4n) is 12.6.